The van der Waals surface area contributed by atoms with Crippen LogP contribution in [0.4, 0.5) is 5.69 Å². The molecule has 1 aromatic rings. The Hall–Kier alpha value is -0.630. The number of anilines is 1. The fourth-order valence-electron chi connectivity index (χ4n) is 1.96. The predicted molar refractivity (Wildman–Crippen MR) is 65.2 cm³/mol. The van der Waals surface area contributed by atoms with Crippen LogP contribution in [-0.2, 0) is 5.75 Å². The van der Waals surface area contributed by atoms with Gasteiger partial charge in [0.2, 0.25) is 0 Å². The number of hydrogen-bond acceptors (Lipinski definition) is 2. The van der Waals surface area contributed by atoms with Crippen molar-refractivity contribution in [3.63, 3.8) is 0 Å². The maximum Gasteiger partial charge on any atom is 0.0366 e. The quantitative estimate of drug-likeness (QED) is 0.729. The van der Waals surface area contributed by atoms with Crippen LogP contribution in [-0.4, -0.2) is 13.1 Å². The van der Waals surface area contributed by atoms with Gasteiger partial charge in [0.1, 0.15) is 0 Å². The van der Waals surface area contributed by atoms with Crippen molar-refractivity contribution in [2.45, 2.75) is 25.0 Å². The Kier molecular flexibility index (Phi) is 3.35. The maximum absolute atomic E-state index is 4.26. The molecule has 0 spiro atoms. The molecule has 1 heterocycles. The summed E-state index contributed by atoms with van der Waals surface area (Å²) in [6.45, 7) is 2.44. The van der Waals surface area contributed by atoms with Crippen LogP contribution in [0.3, 0.4) is 0 Å². The van der Waals surface area contributed by atoms with Crippen LogP contribution in [0.15, 0.2) is 24.3 Å². The van der Waals surface area contributed by atoms with Gasteiger partial charge in [-0.25, -0.2) is 0 Å². The molecule has 1 fully saturated rings. The second-order valence-corrected chi connectivity index (χ2v) is 4.19. The Morgan fingerprint density at radius 3 is 2.21 bits per heavy atom. The van der Waals surface area contributed by atoms with Gasteiger partial charge in [0.15, 0.2) is 0 Å². The summed E-state index contributed by atoms with van der Waals surface area (Å²) in [6.07, 6.45) is 4.08. The smallest absolute Gasteiger partial charge is 0.0366 e. The number of benzene rings is 1. The second kappa shape index (κ2) is 4.74. The third kappa shape index (κ3) is 2.24. The molecule has 0 amide bonds. The number of hydrogen-bond donors (Lipinski definition) is 1. The largest absolute Gasteiger partial charge is 0.372 e. The number of rotatable bonds is 2. The molecule has 1 saturated heterocycles. The molecule has 0 radical (unpaired) electrons. The fraction of sp³-hybridized carbons (Fsp3) is 0.500. The minimum Gasteiger partial charge on any atom is -0.372 e. The number of thiol groups is 1. The minimum absolute atomic E-state index is 0.834. The van der Waals surface area contributed by atoms with Crippen LogP contribution >= 0.6 is 12.6 Å². The highest BCUT2D eigenvalue weighted by Crippen LogP contribution is 2.20. The summed E-state index contributed by atoms with van der Waals surface area (Å²) >= 11 is 4.26. The van der Waals surface area contributed by atoms with E-state index < -0.39 is 0 Å². The van der Waals surface area contributed by atoms with Crippen molar-refractivity contribution in [1.82, 2.24) is 0 Å². The van der Waals surface area contributed by atoms with Crippen molar-refractivity contribution < 1.29 is 0 Å². The highest BCUT2D eigenvalue weighted by Gasteiger charge is 2.09. The third-order valence-electron chi connectivity index (χ3n) is 2.84. The van der Waals surface area contributed by atoms with Gasteiger partial charge < -0.3 is 4.90 Å². The first-order valence-electron chi connectivity index (χ1n) is 5.35. The Bertz CT molecular complexity index is 275. The Balaban J connectivity index is 2.07. The zero-order valence-electron chi connectivity index (χ0n) is 8.45. The minimum atomic E-state index is 0.834. The first kappa shape index (κ1) is 9.91. The molecule has 0 aliphatic carbocycles. The van der Waals surface area contributed by atoms with Gasteiger partial charge in [-0.15, -0.1) is 0 Å². The lowest BCUT2D eigenvalue weighted by Gasteiger charge is -2.28. The molecule has 2 heteroatoms. The van der Waals surface area contributed by atoms with Gasteiger partial charge in [-0.2, -0.15) is 12.6 Å². The zero-order valence-corrected chi connectivity index (χ0v) is 9.34. The van der Waals surface area contributed by atoms with E-state index in [1.54, 1.807) is 0 Å². The van der Waals surface area contributed by atoms with Gasteiger partial charge in [-0.1, -0.05) is 12.1 Å². The molecule has 76 valence electrons. The second-order valence-electron chi connectivity index (χ2n) is 3.87. The summed E-state index contributed by atoms with van der Waals surface area (Å²) in [6, 6.07) is 8.79. The van der Waals surface area contributed by atoms with E-state index in [4.69, 9.17) is 0 Å². The molecule has 0 aromatic heterocycles. The maximum atomic E-state index is 4.26. The Labute approximate surface area is 91.5 Å². The molecule has 0 saturated carbocycles. The lowest BCUT2D eigenvalue weighted by molar-refractivity contribution is 0.578. The topological polar surface area (TPSA) is 3.24 Å². The van der Waals surface area contributed by atoms with E-state index in [0.717, 1.165) is 5.75 Å². The first-order chi connectivity index (χ1) is 6.90. The summed E-state index contributed by atoms with van der Waals surface area (Å²) in [5, 5.41) is 0. The monoisotopic (exact) mass is 207 g/mol. The average molecular weight is 207 g/mol. The Morgan fingerprint density at radius 1 is 1.00 bits per heavy atom. The fourth-order valence-corrected chi connectivity index (χ4v) is 2.18. The highest BCUT2D eigenvalue weighted by atomic mass is 32.1. The van der Waals surface area contributed by atoms with E-state index in [0.29, 0.717) is 0 Å². The van der Waals surface area contributed by atoms with Gasteiger partial charge in [-0.05, 0) is 37.0 Å². The van der Waals surface area contributed by atoms with Gasteiger partial charge in [0.25, 0.3) is 0 Å². The van der Waals surface area contributed by atoms with Gasteiger partial charge in [-0.3, -0.25) is 0 Å². The van der Waals surface area contributed by atoms with E-state index in [-0.39, 0.29) is 0 Å². The first-order valence-corrected chi connectivity index (χ1v) is 5.98. The standard InChI is InChI=1S/C12H17NS/c14-10-11-4-6-12(7-5-11)13-8-2-1-3-9-13/h4-7,14H,1-3,8-10H2. The van der Waals surface area contributed by atoms with E-state index in [1.807, 2.05) is 0 Å². The van der Waals surface area contributed by atoms with Crippen molar-refractivity contribution in [3.8, 4) is 0 Å². The predicted octanol–water partition coefficient (Wildman–Crippen LogP) is 3.11. The van der Waals surface area contributed by atoms with Crippen molar-refractivity contribution in [3.05, 3.63) is 29.8 Å². The van der Waals surface area contributed by atoms with E-state index in [1.165, 1.54) is 43.6 Å². The van der Waals surface area contributed by atoms with Crippen LogP contribution < -0.4 is 4.90 Å². The zero-order chi connectivity index (χ0) is 9.80. The van der Waals surface area contributed by atoms with Crippen molar-refractivity contribution in [2.24, 2.45) is 0 Å². The molecule has 1 aliphatic heterocycles. The van der Waals surface area contributed by atoms with Crippen molar-refractivity contribution in [1.29, 1.82) is 0 Å². The summed E-state index contributed by atoms with van der Waals surface area (Å²) in [5.74, 6) is 0.834. The molecule has 1 nitrogen and oxygen atoms in total. The van der Waals surface area contributed by atoms with Crippen LogP contribution in [0.2, 0.25) is 0 Å². The summed E-state index contributed by atoms with van der Waals surface area (Å²) in [4.78, 5) is 2.48. The highest BCUT2D eigenvalue weighted by molar-refractivity contribution is 7.79. The molecule has 0 atom stereocenters. The van der Waals surface area contributed by atoms with Crippen molar-refractivity contribution in [2.75, 3.05) is 18.0 Å². The SMILES string of the molecule is SCc1ccc(N2CCCCC2)cc1. The van der Waals surface area contributed by atoms with Gasteiger partial charge in [0.05, 0.1) is 0 Å². The van der Waals surface area contributed by atoms with Crippen molar-refractivity contribution >= 4 is 18.3 Å². The molecule has 0 unspecified atom stereocenters. The molecule has 1 aromatic carbocycles. The molecule has 14 heavy (non-hydrogen) atoms. The summed E-state index contributed by atoms with van der Waals surface area (Å²) in [5.41, 5.74) is 2.67. The molecule has 0 bridgehead atoms. The van der Waals surface area contributed by atoms with Gasteiger partial charge in [0, 0.05) is 24.5 Å². The normalized spacial score (nSPS) is 17.1. The average Bonchev–Trinajstić information content (AvgIpc) is 2.30. The molecule has 2 rings (SSSR count). The van der Waals surface area contributed by atoms with E-state index in [2.05, 4.69) is 41.8 Å². The lowest BCUT2D eigenvalue weighted by atomic mass is 10.1. The van der Waals surface area contributed by atoms with Crippen LogP contribution in [0.25, 0.3) is 0 Å². The molecule has 0 N–H and O–H groups in total. The van der Waals surface area contributed by atoms with E-state index in [9.17, 15) is 0 Å². The van der Waals surface area contributed by atoms with Crippen LogP contribution in [0.5, 0.6) is 0 Å². The number of nitrogens with zero attached hydrogens (tertiary/aromatic N) is 1. The van der Waals surface area contributed by atoms with E-state index >= 15 is 0 Å². The van der Waals surface area contributed by atoms with Crippen LogP contribution in [0.1, 0.15) is 24.8 Å². The van der Waals surface area contributed by atoms with Gasteiger partial charge >= 0.3 is 0 Å². The summed E-state index contributed by atoms with van der Waals surface area (Å²) < 4.78 is 0. The molecular weight excluding hydrogens is 190 g/mol. The summed E-state index contributed by atoms with van der Waals surface area (Å²) in [7, 11) is 0. The van der Waals surface area contributed by atoms with Crippen LogP contribution in [0, 0.1) is 0 Å². The molecular formula is C12H17NS. The number of piperidine rings is 1. The Morgan fingerprint density at radius 2 is 1.64 bits per heavy atom. The third-order valence-corrected chi connectivity index (χ3v) is 3.21. The lowest BCUT2D eigenvalue weighted by Crippen LogP contribution is -2.29. The molecule has 1 aliphatic rings.